The van der Waals surface area contributed by atoms with Crippen LogP contribution in [-0.4, -0.2) is 72.3 Å². The normalized spacial score (nSPS) is 33.1. The van der Waals surface area contributed by atoms with Crippen molar-refractivity contribution in [2.45, 2.75) is 44.8 Å². The number of hydrogen-bond acceptors (Lipinski definition) is 3. The van der Waals surface area contributed by atoms with Crippen LogP contribution in [0.5, 0.6) is 0 Å². The van der Waals surface area contributed by atoms with Gasteiger partial charge in [-0.1, -0.05) is 18.6 Å². The predicted octanol–water partition coefficient (Wildman–Crippen LogP) is 1.06. The maximum absolute atomic E-state index is 9.97. The first-order chi connectivity index (χ1) is 10.8. The van der Waals surface area contributed by atoms with E-state index in [0.717, 1.165) is 64.5 Å². The first-order valence-electron chi connectivity index (χ1n) is 8.88. The van der Waals surface area contributed by atoms with E-state index < -0.39 is 0 Å². The van der Waals surface area contributed by atoms with Gasteiger partial charge in [0, 0.05) is 51.2 Å². The highest BCUT2D eigenvalue weighted by atomic mass is 16.3. The third kappa shape index (κ3) is 3.63. The zero-order valence-corrected chi connectivity index (χ0v) is 13.7. The minimum absolute atomic E-state index is 0.145. The summed E-state index contributed by atoms with van der Waals surface area (Å²) in [7, 11) is 0. The van der Waals surface area contributed by atoms with Crippen LogP contribution in [0.4, 0.5) is 0 Å². The van der Waals surface area contributed by atoms with E-state index in [1.807, 2.05) is 0 Å². The zero-order valence-electron chi connectivity index (χ0n) is 13.7. The van der Waals surface area contributed by atoms with Crippen LogP contribution < -0.4 is 5.32 Å². The Morgan fingerprint density at radius 3 is 2.77 bits per heavy atom. The maximum Gasteiger partial charge on any atom is 0.193 e. The summed E-state index contributed by atoms with van der Waals surface area (Å²) in [6, 6.07) is 0.649. The van der Waals surface area contributed by atoms with Gasteiger partial charge in [-0.25, -0.2) is 0 Å². The Balaban J connectivity index is 1.56. The molecule has 3 aliphatic rings. The summed E-state index contributed by atoms with van der Waals surface area (Å²) in [6.45, 7) is 8.13. The smallest absolute Gasteiger partial charge is 0.193 e. The fraction of sp³-hybridized carbons (Fsp3) is 0.824. The van der Waals surface area contributed by atoms with Crippen molar-refractivity contribution in [1.82, 2.24) is 15.1 Å². The number of aliphatic hydroxyl groups is 1. The Labute approximate surface area is 134 Å². The van der Waals surface area contributed by atoms with Gasteiger partial charge in [-0.15, -0.1) is 0 Å². The van der Waals surface area contributed by atoms with Crippen LogP contribution in [0.15, 0.2) is 17.1 Å². The average Bonchev–Trinajstić information content (AvgIpc) is 3.24. The molecule has 1 saturated carbocycles. The van der Waals surface area contributed by atoms with Gasteiger partial charge in [0.1, 0.15) is 0 Å². The molecule has 0 radical (unpaired) electrons. The SMILES string of the molecule is CCNC(=NCC1CCCC1O)N1CCC(N2CC=CC2)C1. The largest absolute Gasteiger partial charge is 0.393 e. The van der Waals surface area contributed by atoms with Crippen LogP contribution in [0.3, 0.4) is 0 Å². The molecule has 22 heavy (non-hydrogen) atoms. The molecule has 0 aromatic heterocycles. The van der Waals surface area contributed by atoms with Crippen molar-refractivity contribution in [2.75, 3.05) is 39.3 Å². The summed E-state index contributed by atoms with van der Waals surface area (Å²) >= 11 is 0. The molecule has 0 aromatic carbocycles. The molecular formula is C17H30N4O. The van der Waals surface area contributed by atoms with Crippen molar-refractivity contribution in [3.8, 4) is 0 Å². The number of guanidine groups is 1. The first kappa shape index (κ1) is 15.8. The highest BCUT2D eigenvalue weighted by Gasteiger charge is 2.30. The number of hydrogen-bond donors (Lipinski definition) is 2. The van der Waals surface area contributed by atoms with Gasteiger partial charge in [-0.05, 0) is 26.2 Å². The van der Waals surface area contributed by atoms with Crippen molar-refractivity contribution in [1.29, 1.82) is 0 Å². The van der Waals surface area contributed by atoms with E-state index in [1.165, 1.54) is 6.42 Å². The topological polar surface area (TPSA) is 51.1 Å². The van der Waals surface area contributed by atoms with Crippen molar-refractivity contribution < 1.29 is 5.11 Å². The quantitative estimate of drug-likeness (QED) is 0.463. The fourth-order valence-electron chi connectivity index (χ4n) is 3.88. The molecule has 0 aromatic rings. The molecule has 3 atom stereocenters. The second-order valence-electron chi connectivity index (χ2n) is 6.77. The van der Waals surface area contributed by atoms with Crippen molar-refractivity contribution in [3.63, 3.8) is 0 Å². The molecule has 2 fully saturated rings. The Kier molecular flexibility index (Phi) is 5.37. The number of likely N-dealkylation sites (tertiary alicyclic amines) is 1. The lowest BCUT2D eigenvalue weighted by molar-refractivity contribution is 0.136. The van der Waals surface area contributed by atoms with E-state index in [1.54, 1.807) is 0 Å². The molecule has 1 saturated heterocycles. The molecule has 0 amide bonds. The van der Waals surface area contributed by atoms with E-state index in [9.17, 15) is 5.11 Å². The Bertz CT molecular complexity index is 415. The monoisotopic (exact) mass is 306 g/mol. The molecule has 5 heteroatoms. The lowest BCUT2D eigenvalue weighted by Gasteiger charge is -2.26. The van der Waals surface area contributed by atoms with E-state index in [4.69, 9.17) is 4.99 Å². The molecule has 2 heterocycles. The molecule has 3 rings (SSSR count). The molecule has 0 spiro atoms. The standard InChI is InChI=1S/C17H30N4O/c1-2-18-17(19-12-14-6-5-7-16(14)22)21-11-8-15(13-21)20-9-3-4-10-20/h3-4,14-16,22H,2,5-13H2,1H3,(H,18,19). The Morgan fingerprint density at radius 2 is 2.09 bits per heavy atom. The van der Waals surface area contributed by atoms with Crippen LogP contribution in [-0.2, 0) is 0 Å². The Hall–Kier alpha value is -1.07. The van der Waals surface area contributed by atoms with Crippen molar-refractivity contribution in [2.24, 2.45) is 10.9 Å². The summed E-state index contributed by atoms with van der Waals surface area (Å²) < 4.78 is 0. The van der Waals surface area contributed by atoms with Gasteiger partial charge >= 0.3 is 0 Å². The third-order valence-corrected chi connectivity index (χ3v) is 5.26. The summed E-state index contributed by atoms with van der Waals surface area (Å²) in [5.74, 6) is 1.39. The van der Waals surface area contributed by atoms with Crippen LogP contribution >= 0.6 is 0 Å². The lowest BCUT2D eigenvalue weighted by atomic mass is 10.1. The van der Waals surface area contributed by atoms with Crippen LogP contribution in [0, 0.1) is 5.92 Å². The lowest BCUT2D eigenvalue weighted by Crippen LogP contribution is -2.43. The van der Waals surface area contributed by atoms with Gasteiger partial charge in [0.15, 0.2) is 5.96 Å². The van der Waals surface area contributed by atoms with Gasteiger partial charge in [-0.3, -0.25) is 9.89 Å². The Morgan fingerprint density at radius 1 is 1.27 bits per heavy atom. The number of nitrogens with one attached hydrogen (secondary N) is 1. The predicted molar refractivity (Wildman–Crippen MR) is 90.0 cm³/mol. The molecule has 5 nitrogen and oxygen atoms in total. The summed E-state index contributed by atoms with van der Waals surface area (Å²) in [4.78, 5) is 9.77. The minimum atomic E-state index is -0.145. The first-order valence-corrected chi connectivity index (χ1v) is 8.88. The summed E-state index contributed by atoms with van der Waals surface area (Å²) in [5.41, 5.74) is 0. The van der Waals surface area contributed by atoms with Gasteiger partial charge < -0.3 is 15.3 Å². The second-order valence-corrected chi connectivity index (χ2v) is 6.77. The van der Waals surface area contributed by atoms with Crippen molar-refractivity contribution >= 4 is 5.96 Å². The van der Waals surface area contributed by atoms with Crippen molar-refractivity contribution in [3.05, 3.63) is 12.2 Å². The van der Waals surface area contributed by atoms with Gasteiger partial charge in [0.25, 0.3) is 0 Å². The zero-order chi connectivity index (χ0) is 15.4. The maximum atomic E-state index is 9.97. The van der Waals surface area contributed by atoms with E-state index in [0.29, 0.717) is 12.0 Å². The van der Waals surface area contributed by atoms with Crippen LogP contribution in [0.1, 0.15) is 32.6 Å². The molecular weight excluding hydrogens is 276 g/mol. The number of aliphatic hydroxyl groups excluding tert-OH is 1. The number of aliphatic imine (C=N–C) groups is 1. The third-order valence-electron chi connectivity index (χ3n) is 5.26. The van der Waals surface area contributed by atoms with E-state index in [-0.39, 0.29) is 6.10 Å². The average molecular weight is 306 g/mol. The number of nitrogens with zero attached hydrogens (tertiary/aromatic N) is 3. The highest BCUT2D eigenvalue weighted by molar-refractivity contribution is 5.80. The van der Waals surface area contributed by atoms with Gasteiger partial charge in [0.2, 0.25) is 0 Å². The van der Waals surface area contributed by atoms with Crippen LogP contribution in [0.2, 0.25) is 0 Å². The molecule has 1 aliphatic carbocycles. The molecule has 2 N–H and O–H groups in total. The van der Waals surface area contributed by atoms with Gasteiger partial charge in [-0.2, -0.15) is 0 Å². The van der Waals surface area contributed by atoms with Gasteiger partial charge in [0.05, 0.1) is 6.10 Å². The van der Waals surface area contributed by atoms with E-state index >= 15 is 0 Å². The minimum Gasteiger partial charge on any atom is -0.393 e. The highest BCUT2D eigenvalue weighted by Crippen LogP contribution is 2.26. The summed E-state index contributed by atoms with van der Waals surface area (Å²) in [5, 5.41) is 13.4. The molecule has 0 bridgehead atoms. The summed E-state index contributed by atoms with van der Waals surface area (Å²) in [6.07, 6.45) is 8.82. The molecule has 124 valence electrons. The van der Waals surface area contributed by atoms with Crippen LogP contribution in [0.25, 0.3) is 0 Å². The fourth-order valence-corrected chi connectivity index (χ4v) is 3.88. The molecule has 2 aliphatic heterocycles. The second kappa shape index (κ2) is 7.47. The molecule has 3 unspecified atom stereocenters. The van der Waals surface area contributed by atoms with E-state index in [2.05, 4.69) is 34.2 Å². The number of rotatable bonds is 4.